The van der Waals surface area contributed by atoms with E-state index in [4.69, 9.17) is 9.97 Å². The Hall–Kier alpha value is -2.00. The summed E-state index contributed by atoms with van der Waals surface area (Å²) in [6.45, 7) is 18.1. The van der Waals surface area contributed by atoms with Gasteiger partial charge in [-0.2, -0.15) is 0 Å². The molecule has 3 aromatic rings. The van der Waals surface area contributed by atoms with Crippen LogP contribution >= 0.6 is 0 Å². The van der Waals surface area contributed by atoms with Crippen molar-refractivity contribution in [2.75, 3.05) is 0 Å². The number of nitrogens with zero attached hydrogens (tertiary/aromatic N) is 2. The van der Waals surface area contributed by atoms with E-state index in [0.717, 1.165) is 74.1 Å². The van der Waals surface area contributed by atoms with Crippen LogP contribution in [0.15, 0.2) is 24.3 Å². The Labute approximate surface area is 293 Å². The summed E-state index contributed by atoms with van der Waals surface area (Å²) in [6, 6.07) is 9.24. The van der Waals surface area contributed by atoms with Crippen molar-refractivity contribution in [3.8, 4) is 0 Å². The van der Waals surface area contributed by atoms with Gasteiger partial charge in [0.25, 0.3) is 0 Å². The SMILES string of the molecule is CCC1=C(CC)c2cc3[nH]c(cc4[nH]c(cc5nc(cc1n2)C(CC)=C5CC)c(CC)c4CC)c(CC)c3CC.[Cl-].[Cl-].[Cl-].[Cr+3]. The van der Waals surface area contributed by atoms with E-state index in [9.17, 15) is 0 Å². The van der Waals surface area contributed by atoms with Gasteiger partial charge in [0, 0.05) is 22.1 Å². The third-order valence-corrected chi connectivity index (χ3v) is 8.97. The van der Waals surface area contributed by atoms with Crippen molar-refractivity contribution in [2.45, 2.75) is 107 Å². The van der Waals surface area contributed by atoms with Gasteiger partial charge in [0.1, 0.15) is 0 Å². The number of allylic oxidation sites excluding steroid dienone is 4. The van der Waals surface area contributed by atoms with Crippen LogP contribution in [0.1, 0.15) is 126 Å². The molecule has 0 spiro atoms. The predicted octanol–water partition coefficient (Wildman–Crippen LogP) is 1.04. The van der Waals surface area contributed by atoms with Crippen LogP contribution < -0.4 is 37.2 Å². The molecule has 0 amide bonds. The van der Waals surface area contributed by atoms with Crippen LogP contribution in [0.5, 0.6) is 0 Å². The number of rotatable bonds is 8. The van der Waals surface area contributed by atoms with Gasteiger partial charge in [-0.05, 0) is 120 Å². The molecule has 8 heteroatoms. The van der Waals surface area contributed by atoms with Gasteiger partial charge in [-0.25, -0.2) is 9.97 Å². The van der Waals surface area contributed by atoms with Gasteiger partial charge >= 0.3 is 17.4 Å². The van der Waals surface area contributed by atoms with Crippen molar-refractivity contribution < 1.29 is 54.6 Å². The molecule has 2 aliphatic rings. The number of H-pyrrole nitrogens is 2. The van der Waals surface area contributed by atoms with Crippen LogP contribution in [0, 0.1) is 0 Å². The Morgan fingerprint density at radius 2 is 0.636 bits per heavy atom. The fraction of sp³-hybridized carbons (Fsp3) is 0.444. The van der Waals surface area contributed by atoms with Crippen molar-refractivity contribution in [2.24, 2.45) is 0 Å². The molecule has 3 aromatic heterocycles. The number of nitrogens with one attached hydrogen (secondary N) is 2. The van der Waals surface area contributed by atoms with Crippen LogP contribution in [0.4, 0.5) is 0 Å². The minimum absolute atomic E-state index is 0. The van der Waals surface area contributed by atoms with Crippen molar-refractivity contribution in [3.05, 3.63) is 69.3 Å². The molecular weight excluding hydrogens is 647 g/mol. The van der Waals surface area contributed by atoms with Crippen molar-refractivity contribution >= 4 is 44.4 Å². The minimum atomic E-state index is 0. The van der Waals surface area contributed by atoms with Gasteiger partial charge in [-0.15, -0.1) is 0 Å². The molecule has 5 heterocycles. The zero-order valence-electron chi connectivity index (χ0n) is 27.4. The topological polar surface area (TPSA) is 57.4 Å². The average molecular weight is 693 g/mol. The Balaban J connectivity index is 0.00000242. The summed E-state index contributed by atoms with van der Waals surface area (Å²) < 4.78 is 0. The van der Waals surface area contributed by atoms with Crippen molar-refractivity contribution in [3.63, 3.8) is 0 Å². The largest absolute Gasteiger partial charge is 3.00 e. The van der Waals surface area contributed by atoms with E-state index in [-0.39, 0.29) is 54.6 Å². The molecule has 44 heavy (non-hydrogen) atoms. The van der Waals surface area contributed by atoms with Crippen molar-refractivity contribution in [1.29, 1.82) is 0 Å². The van der Waals surface area contributed by atoms with Crippen molar-refractivity contribution in [1.82, 2.24) is 19.9 Å². The maximum absolute atomic E-state index is 5.28. The smallest absolute Gasteiger partial charge is 1.00 e. The van der Waals surface area contributed by atoms with Crippen LogP contribution in [-0.4, -0.2) is 19.9 Å². The summed E-state index contributed by atoms with van der Waals surface area (Å²) in [5, 5.41) is 0. The maximum atomic E-state index is 5.28. The first-order valence-corrected chi connectivity index (χ1v) is 15.7. The average Bonchev–Trinajstić information content (AvgIpc) is 3.67. The number of hydrogen-bond acceptors (Lipinski definition) is 2. The number of aromatic amines is 2. The summed E-state index contributed by atoms with van der Waals surface area (Å²) in [7, 11) is 0. The molecule has 5 rings (SSSR count). The Kier molecular flexibility index (Phi) is 15.5. The van der Waals surface area contributed by atoms with Gasteiger partial charge in [0.05, 0.1) is 22.8 Å². The Morgan fingerprint density at radius 3 is 0.886 bits per heavy atom. The van der Waals surface area contributed by atoms with E-state index in [0.29, 0.717) is 0 Å². The third kappa shape index (κ3) is 6.89. The fourth-order valence-corrected chi connectivity index (χ4v) is 7.10. The second-order valence-electron chi connectivity index (χ2n) is 10.9. The molecular formula is C36H46Cl3CrN4. The van der Waals surface area contributed by atoms with Gasteiger partial charge in [-0.3, -0.25) is 0 Å². The quantitative estimate of drug-likeness (QED) is 0.371. The first kappa shape index (κ1) is 40.0. The third-order valence-electron chi connectivity index (χ3n) is 8.97. The predicted molar refractivity (Wildman–Crippen MR) is 173 cm³/mol. The molecule has 1 radical (unpaired) electrons. The molecule has 4 nitrogen and oxygen atoms in total. The van der Waals surface area contributed by atoms with E-state index in [2.05, 4.69) is 89.6 Å². The Bertz CT molecular complexity index is 1570. The van der Waals surface area contributed by atoms with Gasteiger partial charge in [0.15, 0.2) is 0 Å². The number of fused-ring (bicyclic) bond motifs is 8. The molecule has 0 saturated carbocycles. The van der Waals surface area contributed by atoms with Gasteiger partial charge in [0.2, 0.25) is 0 Å². The molecule has 8 bridgehead atoms. The number of halogens is 3. The number of hydrogen-bond donors (Lipinski definition) is 2. The van der Waals surface area contributed by atoms with E-state index < -0.39 is 0 Å². The summed E-state index contributed by atoms with van der Waals surface area (Å²) >= 11 is 0. The molecule has 0 aliphatic carbocycles. The molecule has 0 unspecified atom stereocenters. The molecule has 0 aromatic carbocycles. The van der Waals surface area contributed by atoms with Crippen LogP contribution in [0.3, 0.4) is 0 Å². The second kappa shape index (κ2) is 17.1. The zero-order chi connectivity index (χ0) is 28.6. The monoisotopic (exact) mass is 691 g/mol. The van der Waals surface area contributed by atoms with E-state index in [1.807, 2.05) is 0 Å². The molecule has 237 valence electrons. The normalized spacial score (nSPS) is 12.4. The fourth-order valence-electron chi connectivity index (χ4n) is 7.10. The number of aryl methyl sites for hydroxylation is 4. The molecule has 0 fully saturated rings. The van der Waals surface area contributed by atoms with E-state index >= 15 is 0 Å². The zero-order valence-corrected chi connectivity index (χ0v) is 30.9. The molecule has 2 aliphatic heterocycles. The van der Waals surface area contributed by atoms with E-state index in [1.54, 1.807) is 0 Å². The first-order valence-electron chi connectivity index (χ1n) is 15.7. The molecule has 0 saturated heterocycles. The summed E-state index contributed by atoms with van der Waals surface area (Å²) in [6.07, 6.45) is 7.84. The molecule has 2 N–H and O–H groups in total. The van der Waals surface area contributed by atoms with E-state index in [1.165, 1.54) is 66.6 Å². The maximum Gasteiger partial charge on any atom is 3.00 e. The summed E-state index contributed by atoms with van der Waals surface area (Å²) in [5.74, 6) is 0. The van der Waals surface area contributed by atoms with Gasteiger partial charge in [-0.1, -0.05) is 55.4 Å². The second-order valence-corrected chi connectivity index (χ2v) is 10.9. The Morgan fingerprint density at radius 1 is 0.386 bits per heavy atom. The summed E-state index contributed by atoms with van der Waals surface area (Å²) in [5.41, 5.74) is 20.2. The first-order chi connectivity index (χ1) is 19.5. The number of aromatic nitrogens is 4. The minimum Gasteiger partial charge on any atom is -1.00 e. The van der Waals surface area contributed by atoms with Gasteiger partial charge < -0.3 is 47.2 Å². The molecule has 0 atom stereocenters. The van der Waals surface area contributed by atoms with Crippen LogP contribution in [0.25, 0.3) is 44.4 Å². The van der Waals surface area contributed by atoms with Crippen LogP contribution in [-0.2, 0) is 43.0 Å². The summed E-state index contributed by atoms with van der Waals surface area (Å²) in [4.78, 5) is 18.2. The van der Waals surface area contributed by atoms with Crippen LogP contribution in [0.2, 0.25) is 0 Å². The standard InChI is InChI=1S/C36H46N4.3ClH.Cr/c1-9-21-22(10-2)30-18-32-25(13-5)26(14-6)34(39-32)20-36-28(16-8)27(15-7)35(40-36)19-33-24(12-4)23(11-3)31(38-33)17-29(21)37-30;;;;/h17-20,37-38H,9-16H2,1-8H3;3*1H;/q;;;;+3/p-3.